The summed E-state index contributed by atoms with van der Waals surface area (Å²) in [5, 5.41) is 12.7. The summed E-state index contributed by atoms with van der Waals surface area (Å²) in [5.41, 5.74) is 1.76. The van der Waals surface area contributed by atoms with Crippen LogP contribution < -0.4 is 10.2 Å². The summed E-state index contributed by atoms with van der Waals surface area (Å²) < 4.78 is 12.9. The van der Waals surface area contributed by atoms with Crippen molar-refractivity contribution in [1.29, 1.82) is 0 Å². The van der Waals surface area contributed by atoms with Crippen LogP contribution in [0.2, 0.25) is 0 Å². The number of rotatable bonds is 5. The lowest BCUT2D eigenvalue weighted by molar-refractivity contribution is -0.117. The lowest BCUT2D eigenvalue weighted by atomic mass is 10.1. The predicted molar refractivity (Wildman–Crippen MR) is 91.7 cm³/mol. The largest absolute Gasteiger partial charge is 0.387 e. The molecule has 2 amide bonds. The van der Waals surface area contributed by atoms with E-state index in [2.05, 4.69) is 5.32 Å². The minimum absolute atomic E-state index is 0.0246. The van der Waals surface area contributed by atoms with E-state index in [1.807, 2.05) is 0 Å². The fourth-order valence-corrected chi connectivity index (χ4v) is 2.81. The van der Waals surface area contributed by atoms with Gasteiger partial charge in [-0.3, -0.25) is 9.59 Å². The van der Waals surface area contributed by atoms with Crippen LogP contribution in [0, 0.1) is 5.82 Å². The van der Waals surface area contributed by atoms with Gasteiger partial charge in [-0.2, -0.15) is 0 Å². The molecule has 130 valence electrons. The van der Waals surface area contributed by atoms with Gasteiger partial charge in [0.25, 0.3) is 5.91 Å². The van der Waals surface area contributed by atoms with Crippen LogP contribution in [-0.2, 0) is 4.79 Å². The second-order valence-corrected chi connectivity index (χ2v) is 5.97. The lowest BCUT2D eigenvalue weighted by Crippen LogP contribution is -2.28. The lowest BCUT2D eigenvalue weighted by Gasteiger charge is -2.16. The van der Waals surface area contributed by atoms with Crippen molar-refractivity contribution in [3.63, 3.8) is 0 Å². The molecule has 0 saturated carbocycles. The molecule has 6 heteroatoms. The Hall–Kier alpha value is -2.73. The van der Waals surface area contributed by atoms with Crippen LogP contribution in [0.4, 0.5) is 10.1 Å². The summed E-state index contributed by atoms with van der Waals surface area (Å²) in [6.07, 6.45) is 0.498. The van der Waals surface area contributed by atoms with Crippen molar-refractivity contribution in [2.75, 3.05) is 18.0 Å². The van der Waals surface area contributed by atoms with Crippen LogP contribution in [0.5, 0.6) is 0 Å². The Morgan fingerprint density at radius 3 is 2.44 bits per heavy atom. The maximum absolute atomic E-state index is 12.9. The van der Waals surface area contributed by atoms with E-state index < -0.39 is 6.10 Å². The SMILES string of the molecule is O=C(NCC(O)c1ccc(F)cc1)c1ccc(N2CCCC2=O)cc1. The van der Waals surface area contributed by atoms with Crippen molar-refractivity contribution in [2.24, 2.45) is 0 Å². The molecule has 0 radical (unpaired) electrons. The molecule has 2 aromatic rings. The van der Waals surface area contributed by atoms with Crippen molar-refractivity contribution >= 4 is 17.5 Å². The first kappa shape index (κ1) is 17.1. The summed E-state index contributed by atoms with van der Waals surface area (Å²) in [5.74, 6) is -0.600. The second kappa shape index (κ2) is 7.44. The third kappa shape index (κ3) is 4.03. The minimum atomic E-state index is -0.911. The number of nitrogens with zero attached hydrogens (tertiary/aromatic N) is 1. The first-order chi connectivity index (χ1) is 12.0. The average molecular weight is 342 g/mol. The predicted octanol–water partition coefficient (Wildman–Crippen LogP) is 2.42. The van der Waals surface area contributed by atoms with Crippen LogP contribution in [0.1, 0.15) is 34.9 Å². The highest BCUT2D eigenvalue weighted by molar-refractivity contribution is 5.97. The van der Waals surface area contributed by atoms with Crippen LogP contribution in [0.3, 0.4) is 0 Å². The number of carbonyl (C=O) groups is 2. The van der Waals surface area contributed by atoms with Crippen LogP contribution in [0.25, 0.3) is 0 Å². The monoisotopic (exact) mass is 342 g/mol. The maximum Gasteiger partial charge on any atom is 0.251 e. The molecule has 1 saturated heterocycles. The van der Waals surface area contributed by atoms with Crippen LogP contribution >= 0.6 is 0 Å². The number of hydrogen-bond acceptors (Lipinski definition) is 3. The van der Waals surface area contributed by atoms with Gasteiger partial charge in [0, 0.05) is 30.8 Å². The standard InChI is InChI=1S/C19H19FN2O3/c20-15-7-3-13(4-8-15)17(23)12-21-19(25)14-5-9-16(10-6-14)22-11-1-2-18(22)24/h3-10,17,23H,1-2,11-12H2,(H,21,25). The van der Waals surface area contributed by atoms with Crippen molar-refractivity contribution < 1.29 is 19.1 Å². The Bertz CT molecular complexity index is 759. The Morgan fingerprint density at radius 1 is 1.16 bits per heavy atom. The van der Waals surface area contributed by atoms with E-state index in [9.17, 15) is 19.1 Å². The van der Waals surface area contributed by atoms with Gasteiger partial charge in [-0.15, -0.1) is 0 Å². The van der Waals surface area contributed by atoms with Crippen LogP contribution in [-0.4, -0.2) is 30.0 Å². The quantitative estimate of drug-likeness (QED) is 0.877. The molecule has 0 spiro atoms. The molecular weight excluding hydrogens is 323 g/mol. The van der Waals surface area contributed by atoms with E-state index in [0.717, 1.165) is 12.1 Å². The van der Waals surface area contributed by atoms with E-state index in [0.29, 0.717) is 24.1 Å². The summed E-state index contributed by atoms with van der Waals surface area (Å²) in [7, 11) is 0. The fourth-order valence-electron chi connectivity index (χ4n) is 2.81. The average Bonchev–Trinajstić information content (AvgIpc) is 3.06. The van der Waals surface area contributed by atoms with Gasteiger partial charge >= 0.3 is 0 Å². The first-order valence-electron chi connectivity index (χ1n) is 8.17. The summed E-state index contributed by atoms with van der Waals surface area (Å²) in [4.78, 5) is 25.6. The van der Waals surface area contributed by atoms with Gasteiger partial charge in [0.1, 0.15) is 5.82 Å². The van der Waals surface area contributed by atoms with E-state index in [1.165, 1.54) is 24.3 Å². The molecule has 0 aliphatic carbocycles. The van der Waals surface area contributed by atoms with Crippen molar-refractivity contribution in [2.45, 2.75) is 18.9 Å². The Labute approximate surface area is 145 Å². The number of halogens is 1. The Kier molecular flexibility index (Phi) is 5.09. The molecule has 1 aliphatic rings. The molecule has 0 bridgehead atoms. The Morgan fingerprint density at radius 2 is 1.84 bits per heavy atom. The highest BCUT2D eigenvalue weighted by atomic mass is 19.1. The number of anilines is 1. The fraction of sp³-hybridized carbons (Fsp3) is 0.263. The smallest absolute Gasteiger partial charge is 0.251 e. The normalized spacial score (nSPS) is 15.3. The molecule has 2 aromatic carbocycles. The maximum atomic E-state index is 12.9. The van der Waals surface area contributed by atoms with Gasteiger partial charge < -0.3 is 15.3 Å². The molecule has 1 fully saturated rings. The van der Waals surface area contributed by atoms with Crippen molar-refractivity contribution in [1.82, 2.24) is 5.32 Å². The Balaban J connectivity index is 1.57. The number of nitrogens with one attached hydrogen (secondary N) is 1. The van der Waals surface area contributed by atoms with Gasteiger partial charge in [-0.25, -0.2) is 4.39 Å². The molecule has 25 heavy (non-hydrogen) atoms. The second-order valence-electron chi connectivity index (χ2n) is 5.97. The molecule has 3 rings (SSSR count). The highest BCUT2D eigenvalue weighted by Crippen LogP contribution is 2.21. The number of carbonyl (C=O) groups excluding carboxylic acids is 2. The zero-order chi connectivity index (χ0) is 17.8. The van der Waals surface area contributed by atoms with Gasteiger partial charge in [-0.05, 0) is 48.4 Å². The van der Waals surface area contributed by atoms with Crippen molar-refractivity contribution in [3.8, 4) is 0 Å². The van der Waals surface area contributed by atoms with E-state index >= 15 is 0 Å². The van der Waals surface area contributed by atoms with E-state index in [4.69, 9.17) is 0 Å². The van der Waals surface area contributed by atoms with Gasteiger partial charge in [0.2, 0.25) is 5.91 Å². The summed E-state index contributed by atoms with van der Waals surface area (Å²) >= 11 is 0. The molecule has 0 aromatic heterocycles. The zero-order valence-electron chi connectivity index (χ0n) is 13.6. The van der Waals surface area contributed by atoms with Crippen LogP contribution in [0.15, 0.2) is 48.5 Å². The van der Waals surface area contributed by atoms with E-state index in [-0.39, 0.29) is 24.2 Å². The van der Waals surface area contributed by atoms with Gasteiger partial charge in [-0.1, -0.05) is 12.1 Å². The number of aliphatic hydroxyl groups excluding tert-OH is 1. The van der Waals surface area contributed by atoms with Gasteiger partial charge in [0.15, 0.2) is 0 Å². The number of benzene rings is 2. The first-order valence-corrected chi connectivity index (χ1v) is 8.17. The third-order valence-corrected chi connectivity index (χ3v) is 4.23. The molecule has 2 N–H and O–H groups in total. The molecule has 1 unspecified atom stereocenters. The summed E-state index contributed by atoms with van der Waals surface area (Å²) in [6, 6.07) is 12.3. The molecule has 1 heterocycles. The number of aliphatic hydroxyl groups is 1. The van der Waals surface area contributed by atoms with Gasteiger partial charge in [0.05, 0.1) is 6.10 Å². The zero-order valence-corrected chi connectivity index (χ0v) is 13.6. The number of hydrogen-bond donors (Lipinski definition) is 2. The highest BCUT2D eigenvalue weighted by Gasteiger charge is 2.21. The topological polar surface area (TPSA) is 69.6 Å². The number of amides is 2. The third-order valence-electron chi connectivity index (χ3n) is 4.23. The van der Waals surface area contributed by atoms with E-state index in [1.54, 1.807) is 29.2 Å². The molecular formula is C19H19FN2O3. The van der Waals surface area contributed by atoms with Crippen molar-refractivity contribution in [3.05, 3.63) is 65.5 Å². The summed E-state index contributed by atoms with van der Waals surface area (Å²) in [6.45, 7) is 0.727. The molecule has 1 aliphatic heterocycles. The minimum Gasteiger partial charge on any atom is -0.387 e. The molecule has 1 atom stereocenters. The molecule has 5 nitrogen and oxygen atoms in total.